The van der Waals surface area contributed by atoms with Gasteiger partial charge in [0.2, 0.25) is 5.91 Å². The van der Waals surface area contributed by atoms with E-state index in [9.17, 15) is 14.4 Å². The summed E-state index contributed by atoms with van der Waals surface area (Å²) in [6, 6.07) is 19.3. The predicted octanol–water partition coefficient (Wildman–Crippen LogP) is 5.33. The first kappa shape index (κ1) is 39.1. The summed E-state index contributed by atoms with van der Waals surface area (Å²) in [5.74, 6) is 1.30. The highest BCUT2D eigenvalue weighted by Crippen LogP contribution is 2.32. The van der Waals surface area contributed by atoms with Gasteiger partial charge in [-0.2, -0.15) is 0 Å². The van der Waals surface area contributed by atoms with E-state index in [2.05, 4.69) is 24.2 Å². The first-order valence-corrected chi connectivity index (χ1v) is 16.6. The summed E-state index contributed by atoms with van der Waals surface area (Å²) in [6.07, 6.45) is 2.81. The van der Waals surface area contributed by atoms with Gasteiger partial charge in [-0.25, -0.2) is 0 Å². The van der Waals surface area contributed by atoms with Gasteiger partial charge in [-0.05, 0) is 81.2 Å². The van der Waals surface area contributed by atoms with Crippen LogP contribution in [0, 0.1) is 5.92 Å². The molecule has 1 unspecified atom stereocenters. The van der Waals surface area contributed by atoms with Gasteiger partial charge in [0.05, 0.1) is 37.3 Å². The van der Waals surface area contributed by atoms with E-state index < -0.39 is 0 Å². The number of nitrogens with two attached hydrogens (primary N) is 1. The Morgan fingerprint density at radius 2 is 1.57 bits per heavy atom. The number of anilines is 2. The van der Waals surface area contributed by atoms with Crippen LogP contribution < -0.4 is 30.2 Å². The molecule has 1 aliphatic rings. The van der Waals surface area contributed by atoms with Crippen LogP contribution in [0.15, 0.2) is 66.7 Å². The van der Waals surface area contributed by atoms with Gasteiger partial charge in [-0.3, -0.25) is 14.4 Å². The fourth-order valence-electron chi connectivity index (χ4n) is 5.42. The Labute approximate surface area is 296 Å². The molecule has 3 N–H and O–H groups in total. The monoisotopic (exact) mass is 695 g/mol. The third kappa shape index (κ3) is 11.1. The number of rotatable bonds is 16. The van der Waals surface area contributed by atoms with Crippen molar-refractivity contribution in [3.63, 3.8) is 0 Å². The number of carbonyl (C=O) groups excluding carboxylic acids is 3. The third-order valence-electron chi connectivity index (χ3n) is 8.54. The molecule has 12 heteroatoms. The quantitative estimate of drug-likeness (QED) is 0.193. The Bertz CT molecular complexity index is 1530. The molecule has 0 bridgehead atoms. The lowest BCUT2D eigenvalue weighted by Crippen LogP contribution is -2.47. The van der Waals surface area contributed by atoms with Crippen molar-refractivity contribution >= 4 is 41.5 Å². The largest absolute Gasteiger partial charge is 0.495 e. The number of hydrogen-bond donors (Lipinski definition) is 2. The molecule has 0 aromatic heterocycles. The second kappa shape index (κ2) is 19.6. The van der Waals surface area contributed by atoms with Crippen molar-refractivity contribution in [2.75, 3.05) is 77.4 Å². The van der Waals surface area contributed by atoms with Crippen LogP contribution in [0.4, 0.5) is 11.4 Å². The maximum atomic E-state index is 13.6. The van der Waals surface area contributed by atoms with E-state index >= 15 is 0 Å². The molecule has 11 nitrogen and oxygen atoms in total. The molecule has 0 radical (unpaired) electrons. The van der Waals surface area contributed by atoms with Crippen LogP contribution in [0.3, 0.4) is 0 Å². The highest BCUT2D eigenvalue weighted by Gasteiger charge is 2.22. The molecule has 3 amide bonds. The van der Waals surface area contributed by atoms with Crippen LogP contribution in [0.2, 0.25) is 0 Å². The zero-order valence-corrected chi connectivity index (χ0v) is 29.8. The van der Waals surface area contributed by atoms with Crippen LogP contribution in [0.25, 0.3) is 0 Å². The highest BCUT2D eigenvalue weighted by atomic mass is 35.5. The number of likely N-dealkylation sites (N-methyl/N-ethyl adjacent to an activating group) is 1. The van der Waals surface area contributed by atoms with E-state index in [1.54, 1.807) is 49.5 Å². The Kier molecular flexibility index (Phi) is 15.7. The molecular formula is C37H50ClN5O6. The average Bonchev–Trinajstić information content (AvgIpc) is 3.11. The van der Waals surface area contributed by atoms with E-state index in [-0.39, 0.29) is 30.1 Å². The molecule has 1 heterocycles. The summed E-state index contributed by atoms with van der Waals surface area (Å²) >= 11 is 0. The number of ether oxygens (including phenoxy) is 3. The van der Waals surface area contributed by atoms with Crippen LogP contribution >= 0.6 is 12.4 Å². The van der Waals surface area contributed by atoms with Gasteiger partial charge in [0.1, 0.15) is 17.2 Å². The van der Waals surface area contributed by atoms with E-state index in [4.69, 9.17) is 19.9 Å². The summed E-state index contributed by atoms with van der Waals surface area (Å²) in [4.78, 5) is 45.2. The van der Waals surface area contributed by atoms with E-state index in [0.717, 1.165) is 39.0 Å². The summed E-state index contributed by atoms with van der Waals surface area (Å²) < 4.78 is 17.5. The number of para-hydroxylation sites is 3. The first-order chi connectivity index (χ1) is 23.2. The van der Waals surface area contributed by atoms with Crippen molar-refractivity contribution in [2.24, 2.45) is 11.7 Å². The van der Waals surface area contributed by atoms with Gasteiger partial charge in [0.25, 0.3) is 11.8 Å². The van der Waals surface area contributed by atoms with Crippen molar-refractivity contribution in [3.05, 3.63) is 77.9 Å². The minimum Gasteiger partial charge on any atom is -0.495 e. The predicted molar refractivity (Wildman–Crippen MR) is 196 cm³/mol. The normalized spacial score (nSPS) is 13.5. The van der Waals surface area contributed by atoms with Crippen LogP contribution in [0.1, 0.15) is 53.3 Å². The molecule has 4 rings (SSSR count). The standard InChI is InChI=1S/C37H49N5O6.ClH/c1-27(14-17-35(43)42-22-20-40(2)21-23-42)18-25-48-33-13-8-6-11-31(33)41(3)37(45)28-15-16-30(34(26-28)46-4)39-36(44)29-10-5-7-12-32(29)47-24-9-19-38;/h5-8,10-13,15-16,26-27H,9,14,17-25,38H2,1-4H3,(H,39,44);1H. The third-order valence-corrected chi connectivity index (χ3v) is 8.54. The zero-order chi connectivity index (χ0) is 34.5. The zero-order valence-electron chi connectivity index (χ0n) is 29.0. The fourth-order valence-corrected chi connectivity index (χ4v) is 5.42. The summed E-state index contributed by atoms with van der Waals surface area (Å²) in [6.45, 7) is 6.93. The summed E-state index contributed by atoms with van der Waals surface area (Å²) in [5.41, 5.74) is 7.37. The molecule has 266 valence electrons. The van der Waals surface area contributed by atoms with Gasteiger partial charge in [-0.1, -0.05) is 31.2 Å². The topological polar surface area (TPSA) is 127 Å². The van der Waals surface area contributed by atoms with Crippen molar-refractivity contribution in [1.29, 1.82) is 0 Å². The molecule has 1 fully saturated rings. The number of piperazine rings is 1. The van der Waals surface area contributed by atoms with Gasteiger partial charge >= 0.3 is 0 Å². The van der Waals surface area contributed by atoms with E-state index in [0.29, 0.717) is 78.3 Å². The molecule has 1 saturated heterocycles. The highest BCUT2D eigenvalue weighted by molar-refractivity contribution is 6.09. The number of amides is 3. The molecule has 0 spiro atoms. The number of halogens is 1. The maximum absolute atomic E-state index is 13.6. The average molecular weight is 696 g/mol. The molecule has 1 aliphatic heterocycles. The van der Waals surface area contributed by atoms with E-state index in [1.165, 1.54) is 12.0 Å². The van der Waals surface area contributed by atoms with Crippen molar-refractivity contribution in [2.45, 2.75) is 32.6 Å². The minimum atomic E-state index is -0.366. The molecule has 1 atom stereocenters. The second-order valence-corrected chi connectivity index (χ2v) is 12.2. The molecule has 3 aromatic rings. The lowest BCUT2D eigenvalue weighted by Gasteiger charge is -2.32. The van der Waals surface area contributed by atoms with Crippen molar-refractivity contribution in [1.82, 2.24) is 9.80 Å². The Morgan fingerprint density at radius 1 is 0.898 bits per heavy atom. The number of methoxy groups -OCH3 is 1. The molecule has 49 heavy (non-hydrogen) atoms. The molecule has 0 saturated carbocycles. The lowest BCUT2D eigenvalue weighted by atomic mass is 10.0. The Balaban J connectivity index is 0.00000650. The minimum absolute atomic E-state index is 0. The lowest BCUT2D eigenvalue weighted by molar-refractivity contribution is -0.133. The SMILES string of the molecule is COc1cc(C(=O)N(C)c2ccccc2OCCC(C)CCC(=O)N2CCN(C)CC2)ccc1NC(=O)c1ccccc1OCCCN.Cl. The Hall–Kier alpha value is -4.32. The van der Waals surface area contributed by atoms with E-state index in [1.807, 2.05) is 29.2 Å². The number of carbonyl (C=O) groups is 3. The maximum Gasteiger partial charge on any atom is 0.259 e. The summed E-state index contributed by atoms with van der Waals surface area (Å²) in [5, 5.41) is 2.87. The smallest absolute Gasteiger partial charge is 0.259 e. The number of nitrogens with one attached hydrogen (secondary N) is 1. The van der Waals surface area contributed by atoms with Crippen molar-refractivity contribution in [3.8, 4) is 17.2 Å². The van der Waals surface area contributed by atoms with Gasteiger partial charge < -0.3 is 40.0 Å². The van der Waals surface area contributed by atoms with Crippen LogP contribution in [-0.2, 0) is 4.79 Å². The molecule has 3 aromatic carbocycles. The van der Waals surface area contributed by atoms with Crippen molar-refractivity contribution < 1.29 is 28.6 Å². The Morgan fingerprint density at radius 3 is 2.29 bits per heavy atom. The number of nitrogens with zero attached hydrogens (tertiary/aromatic N) is 3. The fraction of sp³-hybridized carbons (Fsp3) is 0.432. The van der Waals surface area contributed by atoms with Crippen LogP contribution in [-0.4, -0.2) is 94.7 Å². The van der Waals surface area contributed by atoms with Gasteiger partial charge in [-0.15, -0.1) is 12.4 Å². The van der Waals surface area contributed by atoms with Gasteiger partial charge in [0, 0.05) is 45.2 Å². The number of hydrogen-bond acceptors (Lipinski definition) is 8. The number of benzene rings is 3. The van der Waals surface area contributed by atoms with Gasteiger partial charge in [0.15, 0.2) is 0 Å². The van der Waals surface area contributed by atoms with Crippen LogP contribution in [0.5, 0.6) is 17.2 Å². The second-order valence-electron chi connectivity index (χ2n) is 12.2. The molecular weight excluding hydrogens is 646 g/mol. The molecule has 0 aliphatic carbocycles. The first-order valence-electron chi connectivity index (χ1n) is 16.6. The summed E-state index contributed by atoms with van der Waals surface area (Å²) in [7, 11) is 5.26.